The van der Waals surface area contributed by atoms with E-state index in [0.717, 1.165) is 25.8 Å². The Balaban J connectivity index is 2.77. The molecular weight excluding hydrogens is 245 g/mol. The molecule has 0 aliphatic heterocycles. The molecule has 1 aromatic rings. The van der Waals surface area contributed by atoms with Gasteiger partial charge < -0.3 is 20.5 Å². The Hall–Kier alpha value is -1.53. The molecule has 0 aliphatic rings. The van der Waals surface area contributed by atoms with Crippen molar-refractivity contribution in [2.24, 2.45) is 0 Å². The molecular formula is C13H20BNO4. The van der Waals surface area contributed by atoms with Crippen LogP contribution in [0.15, 0.2) is 18.2 Å². The molecule has 0 saturated carbocycles. The fraction of sp³-hybridized carbons (Fsp3) is 0.462. The van der Waals surface area contributed by atoms with Crippen LogP contribution in [0.1, 0.15) is 42.1 Å². The molecule has 0 radical (unpaired) electrons. The Morgan fingerprint density at radius 3 is 2.63 bits per heavy atom. The molecule has 0 bridgehead atoms. The Bertz CT molecular complexity index is 423. The molecule has 5 nitrogen and oxygen atoms in total. The van der Waals surface area contributed by atoms with E-state index in [4.69, 9.17) is 15.2 Å². The van der Waals surface area contributed by atoms with Gasteiger partial charge in [0.2, 0.25) is 0 Å². The van der Waals surface area contributed by atoms with E-state index in [1.54, 1.807) is 12.1 Å². The van der Waals surface area contributed by atoms with Gasteiger partial charge in [-0.25, -0.2) is 4.79 Å². The number of aromatic carboxylic acids is 1. The van der Waals surface area contributed by atoms with E-state index in [0.29, 0.717) is 11.3 Å². The SMILES string of the molecule is CCCCCNc1ccc(CB(O)O)cc1C(=O)O. The maximum atomic E-state index is 11.2. The van der Waals surface area contributed by atoms with Crippen LogP contribution < -0.4 is 5.32 Å². The first-order valence-electron chi connectivity index (χ1n) is 6.50. The summed E-state index contributed by atoms with van der Waals surface area (Å²) in [6.07, 6.45) is 3.23. The minimum Gasteiger partial charge on any atom is -0.478 e. The van der Waals surface area contributed by atoms with E-state index in [1.807, 2.05) is 0 Å². The minimum absolute atomic E-state index is 0.0242. The third-order valence-electron chi connectivity index (χ3n) is 2.83. The van der Waals surface area contributed by atoms with Gasteiger partial charge in [-0.15, -0.1) is 0 Å². The first-order valence-corrected chi connectivity index (χ1v) is 6.50. The predicted molar refractivity (Wildman–Crippen MR) is 75.3 cm³/mol. The van der Waals surface area contributed by atoms with Crippen LogP contribution in [0.2, 0.25) is 0 Å². The van der Waals surface area contributed by atoms with E-state index in [2.05, 4.69) is 12.2 Å². The number of anilines is 1. The molecule has 0 aliphatic carbocycles. The Kier molecular flexibility index (Phi) is 6.39. The van der Waals surface area contributed by atoms with E-state index in [9.17, 15) is 4.79 Å². The van der Waals surface area contributed by atoms with Crippen LogP contribution in [0.25, 0.3) is 0 Å². The summed E-state index contributed by atoms with van der Waals surface area (Å²) in [6.45, 7) is 2.84. The molecule has 1 aromatic carbocycles. The van der Waals surface area contributed by atoms with E-state index in [-0.39, 0.29) is 11.9 Å². The largest absolute Gasteiger partial charge is 0.478 e. The average molecular weight is 265 g/mol. The van der Waals surface area contributed by atoms with Crippen LogP contribution in [0.3, 0.4) is 0 Å². The summed E-state index contributed by atoms with van der Waals surface area (Å²) < 4.78 is 0. The Morgan fingerprint density at radius 2 is 2.05 bits per heavy atom. The van der Waals surface area contributed by atoms with Gasteiger partial charge in [0, 0.05) is 18.6 Å². The van der Waals surface area contributed by atoms with Crippen molar-refractivity contribution in [1.29, 1.82) is 0 Å². The van der Waals surface area contributed by atoms with Crippen molar-refractivity contribution in [3.63, 3.8) is 0 Å². The number of carbonyl (C=O) groups is 1. The molecule has 0 heterocycles. The van der Waals surface area contributed by atoms with Crippen molar-refractivity contribution in [1.82, 2.24) is 0 Å². The first kappa shape index (κ1) is 15.5. The smallest absolute Gasteiger partial charge is 0.456 e. The normalized spacial score (nSPS) is 10.3. The Morgan fingerprint density at radius 1 is 1.32 bits per heavy atom. The maximum Gasteiger partial charge on any atom is 0.456 e. The van der Waals surface area contributed by atoms with E-state index >= 15 is 0 Å². The van der Waals surface area contributed by atoms with Crippen molar-refractivity contribution in [2.75, 3.05) is 11.9 Å². The lowest BCUT2D eigenvalue weighted by Crippen LogP contribution is -2.16. The minimum atomic E-state index is -1.47. The van der Waals surface area contributed by atoms with Crippen molar-refractivity contribution < 1.29 is 19.9 Å². The lowest BCUT2D eigenvalue weighted by molar-refractivity contribution is 0.0697. The summed E-state index contributed by atoms with van der Waals surface area (Å²) in [6, 6.07) is 4.85. The Labute approximate surface area is 113 Å². The first-order chi connectivity index (χ1) is 9.04. The second-order valence-electron chi connectivity index (χ2n) is 4.50. The monoisotopic (exact) mass is 265 g/mol. The number of carboxylic acid groups (broad SMARTS) is 1. The summed E-state index contributed by atoms with van der Waals surface area (Å²) in [5.74, 6) is -1.02. The summed E-state index contributed by atoms with van der Waals surface area (Å²) >= 11 is 0. The highest BCUT2D eigenvalue weighted by atomic mass is 16.4. The van der Waals surface area contributed by atoms with Crippen LogP contribution in [0.5, 0.6) is 0 Å². The fourth-order valence-electron chi connectivity index (χ4n) is 1.86. The van der Waals surface area contributed by atoms with E-state index < -0.39 is 13.1 Å². The fourth-order valence-corrected chi connectivity index (χ4v) is 1.86. The molecule has 0 spiro atoms. The number of hydrogen-bond donors (Lipinski definition) is 4. The van der Waals surface area contributed by atoms with Gasteiger partial charge in [0.25, 0.3) is 0 Å². The zero-order valence-electron chi connectivity index (χ0n) is 11.1. The van der Waals surface area contributed by atoms with Gasteiger partial charge in [0.05, 0.1) is 5.56 Å². The van der Waals surface area contributed by atoms with Gasteiger partial charge >= 0.3 is 13.1 Å². The highest BCUT2D eigenvalue weighted by Gasteiger charge is 2.14. The lowest BCUT2D eigenvalue weighted by atomic mass is 9.81. The lowest BCUT2D eigenvalue weighted by Gasteiger charge is -2.11. The standard InChI is InChI=1S/C13H20BNO4/c1-2-3-4-7-15-12-6-5-10(9-14(18)19)8-11(12)13(16)17/h5-6,8,15,18-19H,2-4,7,9H2,1H3,(H,16,17). The van der Waals surface area contributed by atoms with Crippen LogP contribution in [0.4, 0.5) is 5.69 Å². The third-order valence-corrected chi connectivity index (χ3v) is 2.83. The summed E-state index contributed by atoms with van der Waals surface area (Å²) in [7, 11) is -1.47. The van der Waals surface area contributed by atoms with Crippen LogP contribution in [-0.2, 0) is 6.32 Å². The predicted octanol–water partition coefficient (Wildman–Crippen LogP) is 1.54. The highest BCUT2D eigenvalue weighted by molar-refractivity contribution is 6.40. The number of unbranched alkanes of at least 4 members (excludes halogenated alkanes) is 2. The van der Waals surface area contributed by atoms with Crippen molar-refractivity contribution >= 4 is 18.8 Å². The molecule has 0 fully saturated rings. The van der Waals surface area contributed by atoms with Gasteiger partial charge in [0.15, 0.2) is 0 Å². The summed E-state index contributed by atoms with van der Waals surface area (Å²) in [5.41, 5.74) is 1.32. The molecule has 0 amide bonds. The van der Waals surface area contributed by atoms with Gasteiger partial charge in [-0.2, -0.15) is 0 Å². The van der Waals surface area contributed by atoms with Crippen molar-refractivity contribution in [3.8, 4) is 0 Å². The topological polar surface area (TPSA) is 89.8 Å². The summed E-state index contributed by atoms with van der Waals surface area (Å²) in [4.78, 5) is 11.2. The zero-order valence-corrected chi connectivity index (χ0v) is 11.1. The molecule has 0 unspecified atom stereocenters. The molecule has 19 heavy (non-hydrogen) atoms. The van der Waals surface area contributed by atoms with Crippen molar-refractivity contribution in [2.45, 2.75) is 32.5 Å². The summed E-state index contributed by atoms with van der Waals surface area (Å²) in [5, 5.41) is 30.1. The number of carboxylic acids is 1. The molecule has 0 atom stereocenters. The van der Waals surface area contributed by atoms with Crippen LogP contribution in [0, 0.1) is 0 Å². The second-order valence-corrected chi connectivity index (χ2v) is 4.50. The van der Waals surface area contributed by atoms with Crippen molar-refractivity contribution in [3.05, 3.63) is 29.3 Å². The molecule has 6 heteroatoms. The molecule has 1 rings (SSSR count). The quantitative estimate of drug-likeness (QED) is 0.423. The van der Waals surface area contributed by atoms with Crippen LogP contribution >= 0.6 is 0 Å². The van der Waals surface area contributed by atoms with E-state index in [1.165, 1.54) is 6.07 Å². The van der Waals surface area contributed by atoms with Gasteiger partial charge in [-0.3, -0.25) is 0 Å². The molecule has 4 N–H and O–H groups in total. The number of hydrogen-bond acceptors (Lipinski definition) is 4. The third kappa shape index (κ3) is 5.32. The number of benzene rings is 1. The molecule has 0 aromatic heterocycles. The van der Waals surface area contributed by atoms with Crippen LogP contribution in [-0.4, -0.2) is 34.8 Å². The van der Waals surface area contributed by atoms with Gasteiger partial charge in [0.1, 0.15) is 0 Å². The number of rotatable bonds is 8. The highest BCUT2D eigenvalue weighted by Crippen LogP contribution is 2.18. The van der Waals surface area contributed by atoms with Gasteiger partial charge in [-0.1, -0.05) is 25.8 Å². The zero-order chi connectivity index (χ0) is 14.3. The number of nitrogens with one attached hydrogen (secondary N) is 1. The molecule has 0 saturated heterocycles. The second kappa shape index (κ2) is 7.81. The molecule has 104 valence electrons. The van der Waals surface area contributed by atoms with Gasteiger partial charge in [-0.05, 0) is 24.1 Å². The average Bonchev–Trinajstić information content (AvgIpc) is 2.35. The maximum absolute atomic E-state index is 11.2.